The largest absolute Gasteiger partial charge is 0.464 e. The number of amides is 3. The van der Waals surface area contributed by atoms with Crippen molar-refractivity contribution in [3.8, 4) is 11.6 Å². The zero-order valence-corrected chi connectivity index (χ0v) is 26.0. The highest BCUT2D eigenvalue weighted by molar-refractivity contribution is 5.94. The number of nitrogens with one attached hydrogen (secondary N) is 1. The lowest BCUT2D eigenvalue weighted by Crippen LogP contribution is -2.39. The number of para-hydroxylation sites is 1. The van der Waals surface area contributed by atoms with Crippen LogP contribution >= 0.6 is 0 Å². The van der Waals surface area contributed by atoms with Gasteiger partial charge in [0.1, 0.15) is 5.75 Å². The SMILES string of the molecule is O=C(Nc1cccnc1)N1CCC(=Cc2cccc(Oc3ccc(C(F)(F)F)cn3)c2)CC1.O=C(O)N(c1ccccc1)c1cccnc1. The topological polar surface area (TPSA) is 121 Å². The molecule has 0 radical (unpaired) electrons. The minimum absolute atomic E-state index is 0.0840. The zero-order chi connectivity index (χ0) is 34.6. The normalized spacial score (nSPS) is 12.6. The van der Waals surface area contributed by atoms with Crippen LogP contribution in [0.1, 0.15) is 24.0 Å². The fourth-order valence-corrected chi connectivity index (χ4v) is 4.85. The molecule has 0 saturated carbocycles. The average molecular weight is 669 g/mol. The van der Waals surface area contributed by atoms with Gasteiger partial charge in [0.25, 0.3) is 0 Å². The number of carbonyl (C=O) groups excluding carboxylic acids is 1. The molecule has 1 aliphatic heterocycles. The Hall–Kier alpha value is -6.24. The fraction of sp³-hybridized carbons (Fsp3) is 0.139. The summed E-state index contributed by atoms with van der Waals surface area (Å²) >= 11 is 0. The second kappa shape index (κ2) is 16.0. The van der Waals surface area contributed by atoms with Crippen LogP contribution in [-0.2, 0) is 6.18 Å². The van der Waals surface area contributed by atoms with Crippen LogP contribution in [0.15, 0.2) is 128 Å². The van der Waals surface area contributed by atoms with Crippen LogP contribution in [0.25, 0.3) is 6.08 Å². The molecule has 0 atom stereocenters. The first-order chi connectivity index (χ1) is 23.7. The molecular formula is C36H31F3N6O4. The van der Waals surface area contributed by atoms with E-state index in [0.717, 1.165) is 30.7 Å². The number of urea groups is 1. The number of anilines is 3. The molecule has 13 heteroatoms. The molecule has 49 heavy (non-hydrogen) atoms. The van der Waals surface area contributed by atoms with E-state index >= 15 is 0 Å². The fourth-order valence-electron chi connectivity index (χ4n) is 4.85. The summed E-state index contributed by atoms with van der Waals surface area (Å²) in [6.07, 6.45) is 5.18. The van der Waals surface area contributed by atoms with Crippen LogP contribution in [0, 0.1) is 0 Å². The van der Waals surface area contributed by atoms with Crippen LogP contribution in [0.4, 0.5) is 39.8 Å². The summed E-state index contributed by atoms with van der Waals surface area (Å²) < 4.78 is 43.6. The van der Waals surface area contributed by atoms with Crippen molar-refractivity contribution in [3.05, 3.63) is 139 Å². The van der Waals surface area contributed by atoms with Gasteiger partial charge in [0, 0.05) is 37.7 Å². The molecule has 6 rings (SSSR count). The number of aromatic nitrogens is 3. The molecule has 1 saturated heterocycles. The van der Waals surface area contributed by atoms with Crippen LogP contribution in [0.3, 0.4) is 0 Å². The third kappa shape index (κ3) is 9.88. The van der Waals surface area contributed by atoms with Gasteiger partial charge in [0.15, 0.2) is 0 Å². The van der Waals surface area contributed by atoms with Gasteiger partial charge in [-0.15, -0.1) is 0 Å². The summed E-state index contributed by atoms with van der Waals surface area (Å²) in [4.78, 5) is 38.2. The van der Waals surface area contributed by atoms with Crippen molar-refractivity contribution in [2.75, 3.05) is 23.3 Å². The number of hydrogen-bond donors (Lipinski definition) is 2. The first-order valence-corrected chi connectivity index (χ1v) is 15.1. The van der Waals surface area contributed by atoms with E-state index in [-0.39, 0.29) is 11.9 Å². The highest BCUT2D eigenvalue weighted by Crippen LogP contribution is 2.30. The molecule has 0 spiro atoms. The van der Waals surface area contributed by atoms with Crippen molar-refractivity contribution < 1.29 is 32.6 Å². The Kier molecular flexibility index (Phi) is 11.2. The van der Waals surface area contributed by atoms with Gasteiger partial charge in [0.05, 0.1) is 35.0 Å². The predicted molar refractivity (Wildman–Crippen MR) is 179 cm³/mol. The van der Waals surface area contributed by atoms with E-state index in [0.29, 0.717) is 35.9 Å². The molecule has 3 amide bonds. The predicted octanol–water partition coefficient (Wildman–Crippen LogP) is 8.90. The first-order valence-electron chi connectivity index (χ1n) is 15.1. The maximum absolute atomic E-state index is 12.7. The van der Waals surface area contributed by atoms with Gasteiger partial charge >= 0.3 is 18.3 Å². The van der Waals surface area contributed by atoms with Gasteiger partial charge in [-0.1, -0.05) is 42.0 Å². The standard InChI is InChI=1S/C24H21F3N4O2.C12H10N2O2/c25-24(26,27)19-6-7-22(29-15-19)33-21-5-1-3-18(14-21)13-17-8-11-31(12-9-17)23(32)30-20-4-2-10-28-16-20;15-12(16)14(10-5-2-1-3-6-10)11-7-4-8-13-9-11/h1-7,10,13-16H,8-9,11-12H2,(H,30,32);1-9H,(H,15,16). The Morgan fingerprint density at radius 2 is 1.55 bits per heavy atom. The molecule has 1 fully saturated rings. The van der Waals surface area contributed by atoms with Crippen LogP contribution in [-0.4, -0.2) is 50.2 Å². The van der Waals surface area contributed by atoms with E-state index in [2.05, 4.69) is 20.3 Å². The van der Waals surface area contributed by atoms with Gasteiger partial charge in [-0.2, -0.15) is 13.2 Å². The van der Waals surface area contributed by atoms with Crippen molar-refractivity contribution >= 4 is 35.3 Å². The van der Waals surface area contributed by atoms with Crippen LogP contribution < -0.4 is 15.0 Å². The minimum atomic E-state index is -4.44. The van der Waals surface area contributed by atoms with Gasteiger partial charge in [0.2, 0.25) is 5.88 Å². The summed E-state index contributed by atoms with van der Waals surface area (Å²) in [6.45, 7) is 1.20. The Balaban J connectivity index is 0.000000244. The second-order valence-corrected chi connectivity index (χ2v) is 10.7. The third-order valence-electron chi connectivity index (χ3n) is 7.23. The number of rotatable bonds is 6. The molecule has 3 aromatic heterocycles. The number of alkyl halides is 3. The minimum Gasteiger partial charge on any atom is -0.464 e. The van der Waals surface area contributed by atoms with E-state index in [1.807, 2.05) is 24.3 Å². The number of likely N-dealkylation sites (tertiary alicyclic amines) is 1. The summed E-state index contributed by atoms with van der Waals surface area (Å²) in [6, 6.07) is 25.1. The van der Waals surface area contributed by atoms with Crippen molar-refractivity contribution in [1.82, 2.24) is 19.9 Å². The first kappa shape index (κ1) is 34.1. The van der Waals surface area contributed by atoms with E-state index in [1.54, 1.807) is 84.2 Å². The molecule has 0 aliphatic carbocycles. The molecule has 5 aromatic rings. The summed E-state index contributed by atoms with van der Waals surface area (Å²) in [7, 11) is 0. The van der Waals surface area contributed by atoms with Gasteiger partial charge in [-0.25, -0.2) is 19.5 Å². The number of benzene rings is 2. The van der Waals surface area contributed by atoms with Crippen LogP contribution in [0.5, 0.6) is 11.6 Å². The van der Waals surface area contributed by atoms with E-state index in [1.165, 1.54) is 22.7 Å². The average Bonchev–Trinajstić information content (AvgIpc) is 3.10. The quantitative estimate of drug-likeness (QED) is 0.185. The Labute approximate surface area is 280 Å². The number of nitrogens with zero attached hydrogens (tertiary/aromatic N) is 5. The van der Waals surface area contributed by atoms with Crippen molar-refractivity contribution in [1.29, 1.82) is 0 Å². The van der Waals surface area contributed by atoms with Crippen molar-refractivity contribution in [2.45, 2.75) is 19.0 Å². The molecule has 4 heterocycles. The van der Waals surface area contributed by atoms with Gasteiger partial charge in [-0.3, -0.25) is 9.97 Å². The van der Waals surface area contributed by atoms with E-state index in [9.17, 15) is 27.9 Å². The maximum atomic E-state index is 12.7. The Bertz CT molecular complexity index is 1810. The highest BCUT2D eigenvalue weighted by Gasteiger charge is 2.30. The zero-order valence-electron chi connectivity index (χ0n) is 26.0. The number of halogens is 3. The third-order valence-corrected chi connectivity index (χ3v) is 7.23. The van der Waals surface area contributed by atoms with Crippen LogP contribution in [0.2, 0.25) is 0 Å². The van der Waals surface area contributed by atoms with E-state index in [4.69, 9.17) is 4.74 Å². The molecule has 0 bridgehead atoms. The molecular weight excluding hydrogens is 637 g/mol. The van der Waals surface area contributed by atoms with Crippen molar-refractivity contribution in [3.63, 3.8) is 0 Å². The van der Waals surface area contributed by atoms with Gasteiger partial charge < -0.3 is 20.1 Å². The van der Waals surface area contributed by atoms with Crippen molar-refractivity contribution in [2.24, 2.45) is 0 Å². The lowest BCUT2D eigenvalue weighted by atomic mass is 10.0. The number of carbonyl (C=O) groups is 2. The molecule has 0 unspecified atom stereocenters. The number of pyridine rings is 3. The number of piperidine rings is 1. The smallest absolute Gasteiger partial charge is 0.417 e. The molecule has 250 valence electrons. The van der Waals surface area contributed by atoms with E-state index < -0.39 is 17.8 Å². The molecule has 10 nitrogen and oxygen atoms in total. The Morgan fingerprint density at radius 1 is 0.837 bits per heavy atom. The Morgan fingerprint density at radius 3 is 2.16 bits per heavy atom. The lowest BCUT2D eigenvalue weighted by molar-refractivity contribution is -0.137. The number of carboxylic acid groups (broad SMARTS) is 1. The molecule has 1 aliphatic rings. The monoisotopic (exact) mass is 668 g/mol. The van der Waals surface area contributed by atoms with Gasteiger partial charge in [-0.05, 0) is 73.0 Å². The number of hydrogen-bond acceptors (Lipinski definition) is 6. The summed E-state index contributed by atoms with van der Waals surface area (Å²) in [5, 5.41) is 12.0. The number of ether oxygens (including phenoxy) is 1. The molecule has 2 N–H and O–H groups in total. The highest BCUT2D eigenvalue weighted by atomic mass is 19.4. The lowest BCUT2D eigenvalue weighted by Gasteiger charge is -2.28. The summed E-state index contributed by atoms with van der Waals surface area (Å²) in [5.41, 5.74) is 3.06. The second-order valence-electron chi connectivity index (χ2n) is 10.7. The maximum Gasteiger partial charge on any atom is 0.417 e. The molecule has 2 aromatic carbocycles. The summed E-state index contributed by atoms with van der Waals surface area (Å²) in [5.74, 6) is 0.561.